The van der Waals surface area contributed by atoms with Gasteiger partial charge in [0.25, 0.3) is 0 Å². The molecule has 23 heavy (non-hydrogen) atoms. The van der Waals surface area contributed by atoms with E-state index in [4.69, 9.17) is 0 Å². The van der Waals surface area contributed by atoms with Crippen molar-refractivity contribution in [2.24, 2.45) is 11.0 Å². The summed E-state index contributed by atoms with van der Waals surface area (Å²) in [6, 6.07) is 15.5. The Bertz CT molecular complexity index is 620. The van der Waals surface area contributed by atoms with Crippen LogP contribution in [0.3, 0.4) is 0 Å². The van der Waals surface area contributed by atoms with Crippen LogP contribution < -0.4 is 5.43 Å². The zero-order valence-electron chi connectivity index (χ0n) is 13.1. The summed E-state index contributed by atoms with van der Waals surface area (Å²) in [4.78, 5) is 16.7. The van der Waals surface area contributed by atoms with Gasteiger partial charge in [-0.1, -0.05) is 55.7 Å². The van der Waals surface area contributed by atoms with Gasteiger partial charge in [-0.25, -0.2) is 5.43 Å². The van der Waals surface area contributed by atoms with E-state index in [1.165, 1.54) is 6.42 Å². The van der Waals surface area contributed by atoms with Gasteiger partial charge in [0.2, 0.25) is 5.91 Å². The van der Waals surface area contributed by atoms with Crippen LogP contribution in [0.4, 0.5) is 0 Å². The quantitative estimate of drug-likeness (QED) is 0.694. The largest absolute Gasteiger partial charge is 0.273 e. The summed E-state index contributed by atoms with van der Waals surface area (Å²) >= 11 is 0. The molecule has 1 heterocycles. The Kier molecular flexibility index (Phi) is 5.14. The van der Waals surface area contributed by atoms with Gasteiger partial charge >= 0.3 is 0 Å². The first-order valence-corrected chi connectivity index (χ1v) is 8.19. The molecule has 2 aromatic rings. The normalized spacial score (nSPS) is 16.1. The summed E-state index contributed by atoms with van der Waals surface area (Å²) in [6.45, 7) is 0. The average molecular weight is 307 g/mol. The van der Waals surface area contributed by atoms with Gasteiger partial charge in [0, 0.05) is 17.7 Å². The van der Waals surface area contributed by atoms with Crippen LogP contribution in [-0.4, -0.2) is 16.6 Å². The zero-order chi connectivity index (χ0) is 15.9. The molecule has 1 fully saturated rings. The minimum Gasteiger partial charge on any atom is -0.273 e. The lowest BCUT2D eigenvalue weighted by molar-refractivity contribution is -0.125. The molecular formula is C19H21N3O. The first-order valence-electron chi connectivity index (χ1n) is 8.19. The molecule has 4 heteroatoms. The lowest BCUT2D eigenvalue weighted by Gasteiger charge is -2.19. The van der Waals surface area contributed by atoms with Crippen LogP contribution in [0.5, 0.6) is 0 Å². The smallest absolute Gasteiger partial charge is 0.243 e. The predicted octanol–water partition coefficient (Wildman–Crippen LogP) is 3.53. The van der Waals surface area contributed by atoms with E-state index in [0.29, 0.717) is 5.71 Å². The third kappa shape index (κ3) is 4.03. The second kappa shape index (κ2) is 7.68. The fourth-order valence-electron chi connectivity index (χ4n) is 2.94. The highest BCUT2D eigenvalue weighted by molar-refractivity contribution is 6.11. The van der Waals surface area contributed by atoms with E-state index < -0.39 is 0 Å². The number of amides is 1. The number of aromatic nitrogens is 1. The maximum absolute atomic E-state index is 12.3. The molecule has 3 rings (SSSR count). The number of benzene rings is 1. The van der Waals surface area contributed by atoms with Crippen molar-refractivity contribution in [2.45, 2.75) is 32.1 Å². The number of pyridine rings is 1. The van der Waals surface area contributed by atoms with E-state index in [1.807, 2.05) is 48.5 Å². The molecule has 4 nitrogen and oxygen atoms in total. The van der Waals surface area contributed by atoms with Crippen molar-refractivity contribution in [3.05, 3.63) is 66.0 Å². The molecule has 1 aliphatic carbocycles. The summed E-state index contributed by atoms with van der Waals surface area (Å²) < 4.78 is 0. The maximum atomic E-state index is 12.3. The van der Waals surface area contributed by atoms with Gasteiger partial charge in [-0.15, -0.1) is 0 Å². The van der Waals surface area contributed by atoms with Crippen LogP contribution in [0.25, 0.3) is 0 Å². The second-order valence-electron chi connectivity index (χ2n) is 5.85. The molecular weight excluding hydrogens is 286 g/mol. The van der Waals surface area contributed by atoms with E-state index >= 15 is 0 Å². The summed E-state index contributed by atoms with van der Waals surface area (Å²) in [7, 11) is 0. The predicted molar refractivity (Wildman–Crippen MR) is 91.0 cm³/mol. The lowest BCUT2D eigenvalue weighted by atomic mass is 9.89. The highest BCUT2D eigenvalue weighted by atomic mass is 16.2. The molecule has 0 radical (unpaired) electrons. The number of rotatable bonds is 4. The van der Waals surface area contributed by atoms with Gasteiger partial charge < -0.3 is 0 Å². The fourth-order valence-corrected chi connectivity index (χ4v) is 2.94. The van der Waals surface area contributed by atoms with Crippen molar-refractivity contribution in [3.63, 3.8) is 0 Å². The SMILES string of the molecule is O=C(N/N=C(/c1ccccc1)c1ccccn1)C1CCCCC1. The Hall–Kier alpha value is -2.49. The minimum absolute atomic E-state index is 0.0223. The molecule has 1 aliphatic rings. The number of carbonyl (C=O) groups is 1. The Labute approximate surface area is 136 Å². The molecule has 0 bridgehead atoms. The Morgan fingerprint density at radius 3 is 2.43 bits per heavy atom. The first kappa shape index (κ1) is 15.4. The van der Waals surface area contributed by atoms with Crippen molar-refractivity contribution >= 4 is 11.6 Å². The van der Waals surface area contributed by atoms with Crippen LogP contribution in [0.2, 0.25) is 0 Å². The van der Waals surface area contributed by atoms with E-state index in [0.717, 1.165) is 36.9 Å². The Morgan fingerprint density at radius 2 is 1.74 bits per heavy atom. The van der Waals surface area contributed by atoms with E-state index in [-0.39, 0.29) is 11.8 Å². The number of hydrazone groups is 1. The summed E-state index contributed by atoms with van der Waals surface area (Å²) in [5.41, 5.74) is 5.14. The molecule has 0 unspecified atom stereocenters. The first-order chi connectivity index (χ1) is 11.3. The van der Waals surface area contributed by atoms with Gasteiger partial charge in [-0.2, -0.15) is 5.10 Å². The van der Waals surface area contributed by atoms with Crippen molar-refractivity contribution in [3.8, 4) is 0 Å². The molecule has 1 aromatic heterocycles. The molecule has 1 N–H and O–H groups in total. The zero-order valence-corrected chi connectivity index (χ0v) is 13.1. The van der Waals surface area contributed by atoms with E-state index in [9.17, 15) is 4.79 Å². The molecule has 0 aliphatic heterocycles. The third-order valence-corrected chi connectivity index (χ3v) is 4.21. The van der Waals surface area contributed by atoms with Crippen molar-refractivity contribution in [1.82, 2.24) is 10.4 Å². The summed E-state index contributed by atoms with van der Waals surface area (Å²) in [6.07, 6.45) is 7.16. The molecule has 1 saturated carbocycles. The van der Waals surface area contributed by atoms with Crippen molar-refractivity contribution < 1.29 is 4.79 Å². The minimum atomic E-state index is 0.0223. The van der Waals surface area contributed by atoms with E-state index in [1.54, 1.807) is 6.20 Å². The number of nitrogens with one attached hydrogen (secondary N) is 1. The highest BCUT2D eigenvalue weighted by Crippen LogP contribution is 2.23. The van der Waals surface area contributed by atoms with Crippen LogP contribution in [0, 0.1) is 5.92 Å². The molecule has 0 atom stereocenters. The number of carbonyl (C=O) groups excluding carboxylic acids is 1. The van der Waals surface area contributed by atoms with Gasteiger partial charge in [0.15, 0.2) is 0 Å². The molecule has 0 spiro atoms. The Balaban J connectivity index is 1.82. The fraction of sp³-hybridized carbons (Fsp3) is 0.316. The molecule has 1 amide bonds. The van der Waals surface area contributed by atoms with Gasteiger partial charge in [-0.3, -0.25) is 9.78 Å². The average Bonchev–Trinajstić information content (AvgIpc) is 2.64. The summed E-state index contributed by atoms with van der Waals surface area (Å²) in [5, 5.41) is 4.39. The summed E-state index contributed by atoms with van der Waals surface area (Å²) in [5.74, 6) is 0.113. The van der Waals surface area contributed by atoms with Gasteiger partial charge in [-0.05, 0) is 25.0 Å². The standard InChI is InChI=1S/C19H21N3O/c23-19(16-11-5-2-6-12-16)22-21-18(15-9-3-1-4-10-15)17-13-7-8-14-20-17/h1,3-4,7-10,13-14,16H,2,5-6,11-12H2,(H,22,23)/b21-18-. The van der Waals surface area contributed by atoms with Crippen LogP contribution in [0.15, 0.2) is 59.8 Å². The lowest BCUT2D eigenvalue weighted by Crippen LogP contribution is -2.29. The number of hydrogen-bond donors (Lipinski definition) is 1. The van der Waals surface area contributed by atoms with Crippen molar-refractivity contribution in [2.75, 3.05) is 0 Å². The van der Waals surface area contributed by atoms with Crippen LogP contribution in [0.1, 0.15) is 43.4 Å². The molecule has 0 saturated heterocycles. The van der Waals surface area contributed by atoms with Crippen LogP contribution >= 0.6 is 0 Å². The van der Waals surface area contributed by atoms with Crippen molar-refractivity contribution in [1.29, 1.82) is 0 Å². The number of nitrogens with zero attached hydrogens (tertiary/aromatic N) is 2. The molecule has 1 aromatic carbocycles. The Morgan fingerprint density at radius 1 is 1.00 bits per heavy atom. The third-order valence-electron chi connectivity index (χ3n) is 4.21. The number of hydrogen-bond acceptors (Lipinski definition) is 3. The molecule has 118 valence electrons. The second-order valence-corrected chi connectivity index (χ2v) is 5.85. The van der Waals surface area contributed by atoms with Gasteiger partial charge in [0.1, 0.15) is 5.71 Å². The maximum Gasteiger partial charge on any atom is 0.243 e. The van der Waals surface area contributed by atoms with E-state index in [2.05, 4.69) is 15.5 Å². The monoisotopic (exact) mass is 307 g/mol. The topological polar surface area (TPSA) is 54.4 Å². The van der Waals surface area contributed by atoms with Crippen LogP contribution in [-0.2, 0) is 4.79 Å². The highest BCUT2D eigenvalue weighted by Gasteiger charge is 2.21. The van der Waals surface area contributed by atoms with Gasteiger partial charge in [0.05, 0.1) is 5.69 Å².